The van der Waals surface area contributed by atoms with Gasteiger partial charge in [-0.05, 0) is 51.5 Å². The van der Waals surface area contributed by atoms with Crippen LogP contribution in [0.25, 0.3) is 11.3 Å². The first kappa shape index (κ1) is 21.6. The zero-order chi connectivity index (χ0) is 22.1. The van der Waals surface area contributed by atoms with E-state index in [1.807, 2.05) is 25.1 Å². The molecular weight excluding hydrogens is 391 g/mol. The lowest BCUT2D eigenvalue weighted by Gasteiger charge is -2.35. The average molecular weight is 416 g/mol. The van der Waals surface area contributed by atoms with Gasteiger partial charge in [0.1, 0.15) is 11.3 Å². The molecule has 0 bridgehead atoms. The molecule has 0 saturated heterocycles. The van der Waals surface area contributed by atoms with Gasteiger partial charge in [0.25, 0.3) is 5.88 Å². The van der Waals surface area contributed by atoms with E-state index in [4.69, 9.17) is 4.74 Å². The SMILES string of the molecule is COc1nc(Nc2cc(C)cc(-c3cn(CC(C)(O)C(C)(C)O)nn3)c2)ncc1F. The minimum Gasteiger partial charge on any atom is -0.479 e. The van der Waals surface area contributed by atoms with Crippen LogP contribution in [0.2, 0.25) is 0 Å². The van der Waals surface area contributed by atoms with Crippen LogP contribution in [0.1, 0.15) is 26.3 Å². The molecule has 3 rings (SSSR count). The van der Waals surface area contributed by atoms with Gasteiger partial charge in [0.15, 0.2) is 0 Å². The molecule has 1 unspecified atom stereocenters. The Morgan fingerprint density at radius 3 is 2.60 bits per heavy atom. The fourth-order valence-corrected chi connectivity index (χ4v) is 2.70. The number of halogens is 1. The zero-order valence-corrected chi connectivity index (χ0v) is 17.5. The number of hydrogen-bond donors (Lipinski definition) is 3. The molecule has 10 heteroatoms. The number of nitrogens with zero attached hydrogens (tertiary/aromatic N) is 5. The highest BCUT2D eigenvalue weighted by Crippen LogP contribution is 2.27. The normalized spacial score (nSPS) is 13.7. The molecule has 2 heterocycles. The number of aromatic nitrogens is 5. The van der Waals surface area contributed by atoms with Gasteiger partial charge in [-0.15, -0.1) is 5.10 Å². The van der Waals surface area contributed by atoms with Gasteiger partial charge >= 0.3 is 0 Å². The molecule has 0 fully saturated rings. The first-order valence-electron chi connectivity index (χ1n) is 9.29. The smallest absolute Gasteiger partial charge is 0.255 e. The Kier molecular flexibility index (Phi) is 5.73. The summed E-state index contributed by atoms with van der Waals surface area (Å²) in [7, 11) is 1.33. The van der Waals surface area contributed by atoms with E-state index in [9.17, 15) is 14.6 Å². The van der Waals surface area contributed by atoms with Crippen molar-refractivity contribution in [1.29, 1.82) is 0 Å². The Morgan fingerprint density at radius 1 is 1.20 bits per heavy atom. The molecule has 0 aliphatic rings. The standard InChI is InChI=1S/C20H25FN6O3/c1-12-6-13(16-10-27(26-25-16)11-20(4,29)19(2,3)28)8-14(7-12)23-18-22-9-15(21)17(24-18)30-5/h6-10,28-29H,11H2,1-5H3,(H,22,23,24). The largest absolute Gasteiger partial charge is 0.479 e. The predicted octanol–water partition coefficient (Wildman–Crippen LogP) is 2.46. The van der Waals surface area contributed by atoms with Crippen molar-refractivity contribution in [3.05, 3.63) is 42.0 Å². The summed E-state index contributed by atoms with van der Waals surface area (Å²) >= 11 is 0. The van der Waals surface area contributed by atoms with Crippen LogP contribution in [0.15, 0.2) is 30.6 Å². The molecule has 1 atom stereocenters. The van der Waals surface area contributed by atoms with Crippen molar-refractivity contribution in [3.8, 4) is 17.1 Å². The minimum atomic E-state index is -1.39. The maximum absolute atomic E-state index is 13.5. The third-order valence-electron chi connectivity index (χ3n) is 4.86. The maximum Gasteiger partial charge on any atom is 0.255 e. The second-order valence-corrected chi connectivity index (χ2v) is 7.90. The number of nitrogens with one attached hydrogen (secondary N) is 1. The first-order valence-corrected chi connectivity index (χ1v) is 9.29. The van der Waals surface area contributed by atoms with Crippen LogP contribution in [0.4, 0.5) is 16.0 Å². The lowest BCUT2D eigenvalue weighted by molar-refractivity contribution is -0.129. The van der Waals surface area contributed by atoms with Crippen molar-refractivity contribution in [2.24, 2.45) is 0 Å². The van der Waals surface area contributed by atoms with Crippen molar-refractivity contribution < 1.29 is 19.3 Å². The third-order valence-corrected chi connectivity index (χ3v) is 4.86. The fraction of sp³-hybridized carbons (Fsp3) is 0.400. The first-order chi connectivity index (χ1) is 14.0. The molecule has 3 N–H and O–H groups in total. The summed E-state index contributed by atoms with van der Waals surface area (Å²) in [6.07, 6.45) is 2.72. The molecule has 30 heavy (non-hydrogen) atoms. The molecule has 160 valence electrons. The quantitative estimate of drug-likeness (QED) is 0.538. The van der Waals surface area contributed by atoms with Crippen molar-refractivity contribution >= 4 is 11.6 Å². The van der Waals surface area contributed by atoms with Gasteiger partial charge in [-0.1, -0.05) is 5.21 Å². The second kappa shape index (κ2) is 7.96. The third kappa shape index (κ3) is 4.71. The molecule has 0 saturated carbocycles. The van der Waals surface area contributed by atoms with E-state index in [0.717, 1.165) is 17.3 Å². The Morgan fingerprint density at radius 2 is 1.93 bits per heavy atom. The van der Waals surface area contributed by atoms with Crippen molar-refractivity contribution in [2.45, 2.75) is 45.4 Å². The Bertz CT molecular complexity index is 1050. The predicted molar refractivity (Wildman–Crippen MR) is 109 cm³/mol. The topological polar surface area (TPSA) is 118 Å². The highest BCUT2D eigenvalue weighted by molar-refractivity contribution is 5.68. The van der Waals surface area contributed by atoms with Gasteiger partial charge in [-0.25, -0.2) is 9.67 Å². The summed E-state index contributed by atoms with van der Waals surface area (Å²) in [5.74, 6) is -0.608. The summed E-state index contributed by atoms with van der Waals surface area (Å²) in [6, 6.07) is 5.64. The zero-order valence-electron chi connectivity index (χ0n) is 17.5. The minimum absolute atomic E-state index is 0.0731. The highest BCUT2D eigenvalue weighted by atomic mass is 19.1. The highest BCUT2D eigenvalue weighted by Gasteiger charge is 2.38. The van der Waals surface area contributed by atoms with Gasteiger partial charge in [0, 0.05) is 11.3 Å². The van der Waals surface area contributed by atoms with Gasteiger partial charge in [-0.3, -0.25) is 0 Å². The number of ether oxygens (including phenoxy) is 1. The number of hydrogen-bond acceptors (Lipinski definition) is 8. The molecule has 9 nitrogen and oxygen atoms in total. The molecule has 0 aliphatic carbocycles. The van der Waals surface area contributed by atoms with Crippen molar-refractivity contribution in [3.63, 3.8) is 0 Å². The summed E-state index contributed by atoms with van der Waals surface area (Å²) in [5, 5.41) is 31.9. The van der Waals surface area contributed by atoms with E-state index in [1.165, 1.54) is 25.6 Å². The molecule has 1 aromatic carbocycles. The molecule has 0 amide bonds. The van der Waals surface area contributed by atoms with Gasteiger partial charge in [0.05, 0.1) is 31.6 Å². The van der Waals surface area contributed by atoms with Crippen LogP contribution >= 0.6 is 0 Å². The van der Waals surface area contributed by atoms with Gasteiger partial charge < -0.3 is 20.3 Å². The van der Waals surface area contributed by atoms with Crippen LogP contribution in [0.3, 0.4) is 0 Å². The summed E-state index contributed by atoms with van der Waals surface area (Å²) in [5.41, 5.74) is 0.289. The Balaban J connectivity index is 1.85. The summed E-state index contributed by atoms with van der Waals surface area (Å²) in [4.78, 5) is 7.90. The van der Waals surface area contributed by atoms with Gasteiger partial charge in [-0.2, -0.15) is 9.37 Å². The average Bonchev–Trinajstić information content (AvgIpc) is 3.10. The number of aryl methyl sites for hydroxylation is 1. The van der Waals surface area contributed by atoms with Crippen molar-refractivity contribution in [2.75, 3.05) is 12.4 Å². The molecule has 0 spiro atoms. The maximum atomic E-state index is 13.5. The van der Waals surface area contributed by atoms with Gasteiger partial charge in [0.2, 0.25) is 11.8 Å². The molecular formula is C20H25FN6O3. The number of aliphatic hydroxyl groups is 2. The van der Waals surface area contributed by atoms with E-state index in [0.29, 0.717) is 11.4 Å². The second-order valence-electron chi connectivity index (χ2n) is 7.90. The van der Waals surface area contributed by atoms with E-state index in [1.54, 1.807) is 13.1 Å². The van der Waals surface area contributed by atoms with E-state index in [-0.39, 0.29) is 18.4 Å². The molecule has 3 aromatic rings. The monoisotopic (exact) mass is 416 g/mol. The summed E-state index contributed by atoms with van der Waals surface area (Å²) in [6.45, 7) is 6.61. The Labute approximate surface area is 173 Å². The number of rotatable bonds is 7. The molecule has 0 radical (unpaired) electrons. The van der Waals surface area contributed by atoms with Crippen LogP contribution in [0.5, 0.6) is 5.88 Å². The number of anilines is 2. The molecule has 0 aliphatic heterocycles. The van der Waals surface area contributed by atoms with Crippen LogP contribution in [-0.4, -0.2) is 53.5 Å². The number of benzene rings is 1. The number of methoxy groups -OCH3 is 1. The van der Waals surface area contributed by atoms with E-state index < -0.39 is 17.0 Å². The summed E-state index contributed by atoms with van der Waals surface area (Å²) < 4.78 is 19.9. The molecule has 2 aromatic heterocycles. The van der Waals surface area contributed by atoms with Crippen LogP contribution < -0.4 is 10.1 Å². The van der Waals surface area contributed by atoms with E-state index >= 15 is 0 Å². The van der Waals surface area contributed by atoms with Crippen LogP contribution in [0, 0.1) is 12.7 Å². The van der Waals surface area contributed by atoms with Crippen molar-refractivity contribution in [1.82, 2.24) is 25.0 Å². The fourth-order valence-electron chi connectivity index (χ4n) is 2.70. The Hall–Kier alpha value is -3.11. The lowest BCUT2D eigenvalue weighted by atomic mass is 9.88. The van der Waals surface area contributed by atoms with Crippen LogP contribution in [-0.2, 0) is 6.54 Å². The lowest BCUT2D eigenvalue weighted by Crippen LogP contribution is -2.50. The van der Waals surface area contributed by atoms with E-state index in [2.05, 4.69) is 25.6 Å².